The van der Waals surface area contributed by atoms with Crippen LogP contribution in [0.25, 0.3) is 10.8 Å². The second-order valence-corrected chi connectivity index (χ2v) is 14.3. The van der Waals surface area contributed by atoms with Crippen LogP contribution in [0.4, 0.5) is 25.2 Å². The van der Waals surface area contributed by atoms with E-state index in [1.165, 1.54) is 118 Å². The van der Waals surface area contributed by atoms with Gasteiger partial charge in [-0.15, -0.1) is 0 Å². The molecule has 0 aliphatic rings. The topological polar surface area (TPSA) is 17.1 Å². The molecule has 1 nitrogen and oxygen atoms in total. The van der Waals surface area contributed by atoms with E-state index in [4.69, 9.17) is 0 Å². The fraction of sp³-hybridized carbons (Fsp3) is 0.528. The van der Waals surface area contributed by atoms with Crippen LogP contribution in [0.1, 0.15) is 137 Å². The average molecular weight is 677 g/mol. The van der Waals surface area contributed by atoms with Crippen LogP contribution in [0.15, 0.2) is 66.7 Å². The molecule has 0 aliphatic heterocycles. The van der Waals surface area contributed by atoms with E-state index in [0.29, 0.717) is 5.75 Å². The quantitative estimate of drug-likeness (QED) is 0.0383. The fourth-order valence-corrected chi connectivity index (χ4v) is 5.99. The molecule has 0 amide bonds. The molecule has 3 aromatic carbocycles. The van der Waals surface area contributed by atoms with Gasteiger partial charge in [0.05, 0.1) is 0 Å². The number of rotatable bonds is 20. The van der Waals surface area contributed by atoms with E-state index in [1.807, 2.05) is 12.1 Å². The van der Waals surface area contributed by atoms with Crippen LogP contribution in [0, 0.1) is 0 Å². The van der Waals surface area contributed by atoms with Gasteiger partial charge in [0.15, 0.2) is 5.75 Å². The molecule has 0 saturated heterocycles. The Kier molecular flexibility index (Phi) is 15.9. The molecule has 1 atom stereocenters. The molecule has 0 aliphatic carbocycles. The van der Waals surface area contributed by atoms with Gasteiger partial charge in [-0.2, -0.15) is 0 Å². The summed E-state index contributed by atoms with van der Waals surface area (Å²) in [7, 11) is -10.7. The molecule has 3 rings (SSSR count). The SMILES string of the molecule is CCCCCCCCCCCCCCCCCC(c1ccc2ccccc2c1)c1ccccc1C(=O)C[SH2+].F[P-](F)(F)(F)(F)F. The van der Waals surface area contributed by atoms with Crippen molar-refractivity contribution in [2.75, 3.05) is 5.75 Å². The van der Waals surface area contributed by atoms with Crippen LogP contribution in [-0.2, 0) is 12.6 Å². The number of ketones is 1. The van der Waals surface area contributed by atoms with Gasteiger partial charge in [-0.25, -0.2) is 0 Å². The zero-order valence-corrected chi connectivity index (χ0v) is 28.5. The molecule has 0 aromatic heterocycles. The zero-order chi connectivity index (χ0) is 33.2. The van der Waals surface area contributed by atoms with Crippen molar-refractivity contribution in [1.82, 2.24) is 0 Å². The summed E-state index contributed by atoms with van der Waals surface area (Å²) in [5.74, 6) is 0.778. The first-order valence-electron chi connectivity index (χ1n) is 16.5. The number of benzene rings is 3. The Balaban J connectivity index is 0.000000900. The summed E-state index contributed by atoms with van der Waals surface area (Å²) in [6, 6.07) is 23.6. The number of Topliss-reactive ketones (excluding diaryl/α,β-unsaturated/α-hetero) is 1. The van der Waals surface area contributed by atoms with Crippen molar-refractivity contribution in [2.45, 2.75) is 116 Å². The van der Waals surface area contributed by atoms with Crippen LogP contribution >= 0.6 is 7.81 Å². The van der Waals surface area contributed by atoms with Crippen molar-refractivity contribution in [3.05, 3.63) is 83.4 Å². The molecule has 1 unspecified atom stereocenters. The normalized spacial score (nSPS) is 13.9. The molecular weight excluding hydrogens is 625 g/mol. The van der Waals surface area contributed by atoms with Crippen molar-refractivity contribution < 1.29 is 30.0 Å². The third kappa shape index (κ3) is 18.6. The van der Waals surface area contributed by atoms with E-state index in [0.717, 1.165) is 12.0 Å². The van der Waals surface area contributed by atoms with Gasteiger partial charge in [-0.3, -0.25) is 4.79 Å². The van der Waals surface area contributed by atoms with E-state index in [2.05, 4.69) is 74.1 Å². The van der Waals surface area contributed by atoms with Gasteiger partial charge >= 0.3 is 33.0 Å². The van der Waals surface area contributed by atoms with Gasteiger partial charge in [0.2, 0.25) is 5.78 Å². The van der Waals surface area contributed by atoms with Crippen LogP contribution in [0.3, 0.4) is 0 Å². The summed E-state index contributed by atoms with van der Waals surface area (Å²) < 4.78 is 59.2. The number of halogens is 6. The summed E-state index contributed by atoms with van der Waals surface area (Å²) >= 11 is 3.45. The Morgan fingerprint density at radius 2 is 1.07 bits per heavy atom. The van der Waals surface area contributed by atoms with Gasteiger partial charge in [-0.1, -0.05) is 170 Å². The molecular formula is C36H51F6OPS. The monoisotopic (exact) mass is 676 g/mol. The Bertz CT molecular complexity index is 1290. The molecule has 0 bridgehead atoms. The third-order valence-corrected chi connectivity index (χ3v) is 8.39. The molecule has 3 aromatic rings. The maximum absolute atomic E-state index is 12.7. The first-order chi connectivity index (χ1) is 21.2. The van der Waals surface area contributed by atoms with Crippen molar-refractivity contribution in [3.8, 4) is 0 Å². The molecule has 0 fully saturated rings. The van der Waals surface area contributed by atoms with E-state index in [1.54, 1.807) is 0 Å². The Hall–Kier alpha value is -2.05. The Morgan fingerprint density at radius 1 is 0.622 bits per heavy atom. The molecule has 0 N–H and O–H groups in total. The summed E-state index contributed by atoms with van der Waals surface area (Å²) in [4.78, 5) is 12.7. The molecule has 0 radical (unpaired) electrons. The van der Waals surface area contributed by atoms with E-state index >= 15 is 0 Å². The second-order valence-electron chi connectivity index (χ2n) is 12.0. The molecule has 0 saturated carbocycles. The summed E-state index contributed by atoms with van der Waals surface area (Å²) in [6.45, 7) is 2.29. The number of carbonyl (C=O) groups is 1. The van der Waals surface area contributed by atoms with Crippen molar-refractivity contribution in [3.63, 3.8) is 0 Å². The van der Waals surface area contributed by atoms with Crippen molar-refractivity contribution in [1.29, 1.82) is 0 Å². The molecule has 0 heterocycles. The fourth-order valence-electron chi connectivity index (χ4n) is 5.80. The standard InChI is InChI=1S/C36H50OS.F6P/c1-2-3-4-5-6-7-8-9-10-11-12-13-14-15-16-23-33(34-24-19-20-25-35(34)36(37)29-38)32-27-26-30-21-17-18-22-31(30)28-32;1-7(2,3,4,5)6/h17-22,24-28,33,38H,2-16,23,29H2,1H3;/q;-1/p+1. The maximum atomic E-state index is 12.7. The Morgan fingerprint density at radius 3 is 1.58 bits per heavy atom. The van der Waals surface area contributed by atoms with Crippen LogP contribution in [0.5, 0.6) is 0 Å². The number of carbonyl (C=O) groups excluding carboxylic acids is 1. The predicted molar refractivity (Wildman–Crippen MR) is 185 cm³/mol. The van der Waals surface area contributed by atoms with Crippen LogP contribution < -0.4 is 0 Å². The van der Waals surface area contributed by atoms with Crippen LogP contribution in [0.2, 0.25) is 0 Å². The number of hydrogen-bond acceptors (Lipinski definition) is 1. The minimum absolute atomic E-state index is 0.166. The molecule has 9 heteroatoms. The summed E-state index contributed by atoms with van der Waals surface area (Å²) in [5, 5.41) is 2.54. The van der Waals surface area contributed by atoms with Gasteiger partial charge in [0, 0.05) is 11.5 Å². The van der Waals surface area contributed by atoms with Crippen molar-refractivity contribution in [2.24, 2.45) is 0 Å². The summed E-state index contributed by atoms with van der Waals surface area (Å²) in [6.07, 6.45) is 21.8. The minimum atomic E-state index is -10.7. The molecule has 0 spiro atoms. The van der Waals surface area contributed by atoms with E-state index in [9.17, 15) is 30.0 Å². The van der Waals surface area contributed by atoms with Gasteiger partial charge in [-0.05, 0) is 40.9 Å². The van der Waals surface area contributed by atoms with Gasteiger partial charge < -0.3 is 0 Å². The van der Waals surface area contributed by atoms with E-state index in [-0.39, 0.29) is 11.7 Å². The summed E-state index contributed by atoms with van der Waals surface area (Å²) in [5.41, 5.74) is 3.36. The van der Waals surface area contributed by atoms with Gasteiger partial charge in [0.25, 0.3) is 0 Å². The zero-order valence-electron chi connectivity index (χ0n) is 26.6. The first kappa shape index (κ1) is 39.1. The predicted octanol–water partition coefficient (Wildman–Crippen LogP) is 13.8. The van der Waals surface area contributed by atoms with Gasteiger partial charge in [0.1, 0.15) is 0 Å². The Labute approximate surface area is 271 Å². The number of hydrogen-bond donors (Lipinski definition) is 0. The third-order valence-electron chi connectivity index (χ3n) is 8.07. The number of fused-ring (bicyclic) bond motifs is 1. The average Bonchev–Trinajstić information content (AvgIpc) is 2.99. The van der Waals surface area contributed by atoms with E-state index < -0.39 is 7.81 Å². The second kappa shape index (κ2) is 18.3. The number of unbranched alkanes of at least 4 members (excludes halogenated alkanes) is 14. The molecule has 45 heavy (non-hydrogen) atoms. The first-order valence-corrected chi connectivity index (χ1v) is 19.2. The molecule has 254 valence electrons. The van der Waals surface area contributed by atoms with Crippen molar-refractivity contribution >= 4 is 37.0 Å². The van der Waals surface area contributed by atoms with Crippen LogP contribution in [-0.4, -0.2) is 11.5 Å².